The SMILES string of the molecule is CC(C)(C)NCc1cocn1. The largest absolute Gasteiger partial charge is 0.451 e. The van der Waals surface area contributed by atoms with Gasteiger partial charge in [-0.2, -0.15) is 0 Å². The van der Waals surface area contributed by atoms with E-state index in [9.17, 15) is 0 Å². The van der Waals surface area contributed by atoms with Crippen molar-refractivity contribution in [3.8, 4) is 0 Å². The van der Waals surface area contributed by atoms with Crippen LogP contribution in [0.4, 0.5) is 0 Å². The van der Waals surface area contributed by atoms with Gasteiger partial charge in [-0.25, -0.2) is 4.98 Å². The van der Waals surface area contributed by atoms with Crippen molar-refractivity contribution in [1.29, 1.82) is 0 Å². The Bertz CT molecular complexity index is 198. The lowest BCUT2D eigenvalue weighted by Gasteiger charge is -2.19. The van der Waals surface area contributed by atoms with Gasteiger partial charge in [0.2, 0.25) is 0 Å². The van der Waals surface area contributed by atoms with Gasteiger partial charge in [0, 0.05) is 12.1 Å². The van der Waals surface area contributed by atoms with E-state index >= 15 is 0 Å². The molecule has 0 aliphatic heterocycles. The summed E-state index contributed by atoms with van der Waals surface area (Å²) < 4.78 is 4.83. The lowest BCUT2D eigenvalue weighted by atomic mass is 10.1. The summed E-state index contributed by atoms with van der Waals surface area (Å²) in [5.41, 5.74) is 1.08. The maximum atomic E-state index is 4.83. The van der Waals surface area contributed by atoms with Crippen molar-refractivity contribution in [2.24, 2.45) is 0 Å². The molecule has 1 aromatic heterocycles. The highest BCUT2D eigenvalue weighted by Gasteiger charge is 2.08. The average Bonchev–Trinajstić information content (AvgIpc) is 2.32. The fourth-order valence-electron chi connectivity index (χ4n) is 0.681. The first-order valence-corrected chi connectivity index (χ1v) is 3.70. The molecule has 0 aliphatic rings. The fourth-order valence-corrected chi connectivity index (χ4v) is 0.681. The van der Waals surface area contributed by atoms with E-state index in [1.54, 1.807) is 6.26 Å². The minimum atomic E-state index is 0.138. The molecule has 0 fully saturated rings. The maximum Gasteiger partial charge on any atom is 0.180 e. The van der Waals surface area contributed by atoms with E-state index < -0.39 is 0 Å². The van der Waals surface area contributed by atoms with E-state index in [-0.39, 0.29) is 5.54 Å². The minimum absolute atomic E-state index is 0.138. The first-order valence-electron chi connectivity index (χ1n) is 3.70. The normalized spacial score (nSPS) is 11.9. The van der Waals surface area contributed by atoms with Gasteiger partial charge in [0.15, 0.2) is 6.39 Å². The monoisotopic (exact) mass is 154 g/mol. The van der Waals surface area contributed by atoms with Crippen LogP contribution in [0.5, 0.6) is 0 Å². The van der Waals surface area contributed by atoms with E-state index in [0.29, 0.717) is 0 Å². The van der Waals surface area contributed by atoms with Crippen LogP contribution in [0.1, 0.15) is 26.5 Å². The first-order chi connectivity index (χ1) is 5.08. The second-order valence-electron chi connectivity index (χ2n) is 3.58. The Labute approximate surface area is 66.8 Å². The highest BCUT2D eigenvalue weighted by atomic mass is 16.3. The third-order valence-electron chi connectivity index (χ3n) is 1.28. The molecule has 0 spiro atoms. The lowest BCUT2D eigenvalue weighted by Crippen LogP contribution is -2.35. The summed E-state index contributed by atoms with van der Waals surface area (Å²) in [6.45, 7) is 7.12. The van der Waals surface area contributed by atoms with Gasteiger partial charge in [-0.1, -0.05) is 0 Å². The molecule has 0 aliphatic carbocycles. The number of oxazole rings is 1. The topological polar surface area (TPSA) is 38.1 Å². The van der Waals surface area contributed by atoms with Crippen LogP contribution in [0.25, 0.3) is 0 Å². The Kier molecular flexibility index (Phi) is 2.29. The number of hydrogen-bond acceptors (Lipinski definition) is 3. The van der Waals surface area contributed by atoms with Crippen LogP contribution in [0, 0.1) is 0 Å². The molecule has 1 N–H and O–H groups in total. The zero-order valence-electron chi connectivity index (χ0n) is 7.22. The summed E-state index contributed by atoms with van der Waals surface area (Å²) in [7, 11) is 0. The predicted octanol–water partition coefficient (Wildman–Crippen LogP) is 1.56. The summed E-state index contributed by atoms with van der Waals surface area (Å²) in [5.74, 6) is 0. The number of aromatic nitrogens is 1. The van der Waals surface area contributed by atoms with Crippen LogP contribution in [0.2, 0.25) is 0 Å². The van der Waals surface area contributed by atoms with Crippen molar-refractivity contribution in [2.75, 3.05) is 0 Å². The van der Waals surface area contributed by atoms with Gasteiger partial charge < -0.3 is 9.73 Å². The van der Waals surface area contributed by atoms with Crippen LogP contribution >= 0.6 is 0 Å². The van der Waals surface area contributed by atoms with Crippen LogP contribution < -0.4 is 5.32 Å². The number of nitrogens with zero attached hydrogens (tertiary/aromatic N) is 1. The fraction of sp³-hybridized carbons (Fsp3) is 0.625. The van der Waals surface area contributed by atoms with Crippen molar-refractivity contribution in [3.05, 3.63) is 18.4 Å². The molecule has 0 aromatic carbocycles. The molecule has 0 bridgehead atoms. The second kappa shape index (κ2) is 3.05. The van der Waals surface area contributed by atoms with E-state index in [0.717, 1.165) is 12.2 Å². The molecule has 1 heterocycles. The molecule has 1 rings (SSSR count). The van der Waals surface area contributed by atoms with Gasteiger partial charge in [-0.3, -0.25) is 0 Å². The molecule has 0 saturated carbocycles. The van der Waals surface area contributed by atoms with E-state index in [1.165, 1.54) is 6.39 Å². The third kappa shape index (κ3) is 3.18. The molecule has 62 valence electrons. The zero-order valence-corrected chi connectivity index (χ0v) is 7.22. The standard InChI is InChI=1S/C8H14N2O/c1-8(2,3)10-4-7-5-11-6-9-7/h5-6,10H,4H2,1-3H3. The molecule has 0 unspecified atom stereocenters. The number of rotatable bonds is 2. The summed E-state index contributed by atoms with van der Waals surface area (Å²) in [6, 6.07) is 0. The molecular weight excluding hydrogens is 140 g/mol. The maximum absolute atomic E-state index is 4.83. The van der Waals surface area contributed by atoms with Gasteiger partial charge in [0.05, 0.1) is 5.69 Å². The van der Waals surface area contributed by atoms with Gasteiger partial charge in [-0.05, 0) is 20.8 Å². The molecule has 0 amide bonds. The van der Waals surface area contributed by atoms with Crippen LogP contribution in [-0.2, 0) is 6.54 Å². The van der Waals surface area contributed by atoms with Gasteiger partial charge in [0.25, 0.3) is 0 Å². The van der Waals surface area contributed by atoms with E-state index in [4.69, 9.17) is 4.42 Å². The molecular formula is C8H14N2O. The summed E-state index contributed by atoms with van der Waals surface area (Å²) in [4.78, 5) is 3.99. The van der Waals surface area contributed by atoms with Gasteiger partial charge in [-0.15, -0.1) is 0 Å². The van der Waals surface area contributed by atoms with Crippen molar-refractivity contribution >= 4 is 0 Å². The Morgan fingerprint density at radius 3 is 2.73 bits per heavy atom. The second-order valence-corrected chi connectivity index (χ2v) is 3.58. The first kappa shape index (κ1) is 8.27. The highest BCUT2D eigenvalue weighted by molar-refractivity contribution is 4.91. The molecule has 1 aromatic rings. The summed E-state index contributed by atoms with van der Waals surface area (Å²) in [6.07, 6.45) is 3.10. The molecule has 11 heavy (non-hydrogen) atoms. The van der Waals surface area contributed by atoms with E-state index in [1.807, 2.05) is 0 Å². The Balaban J connectivity index is 2.35. The molecule has 0 saturated heterocycles. The summed E-state index contributed by atoms with van der Waals surface area (Å²) >= 11 is 0. The van der Waals surface area contributed by atoms with Crippen molar-refractivity contribution < 1.29 is 4.42 Å². The zero-order chi connectivity index (χ0) is 8.32. The molecule has 3 heteroatoms. The quantitative estimate of drug-likeness (QED) is 0.702. The highest BCUT2D eigenvalue weighted by Crippen LogP contribution is 2.01. The van der Waals surface area contributed by atoms with Crippen molar-refractivity contribution in [3.63, 3.8) is 0 Å². The van der Waals surface area contributed by atoms with Gasteiger partial charge >= 0.3 is 0 Å². The van der Waals surface area contributed by atoms with E-state index in [2.05, 4.69) is 31.1 Å². The van der Waals surface area contributed by atoms with Crippen molar-refractivity contribution in [1.82, 2.24) is 10.3 Å². The molecule has 3 nitrogen and oxygen atoms in total. The summed E-state index contributed by atoms with van der Waals surface area (Å²) in [5, 5.41) is 3.30. The van der Waals surface area contributed by atoms with Gasteiger partial charge in [0.1, 0.15) is 6.26 Å². The lowest BCUT2D eigenvalue weighted by molar-refractivity contribution is 0.421. The number of nitrogens with one attached hydrogen (secondary N) is 1. The third-order valence-corrected chi connectivity index (χ3v) is 1.28. The van der Waals surface area contributed by atoms with Crippen LogP contribution in [0.15, 0.2) is 17.1 Å². The smallest absolute Gasteiger partial charge is 0.180 e. The van der Waals surface area contributed by atoms with Crippen molar-refractivity contribution in [2.45, 2.75) is 32.9 Å². The van der Waals surface area contributed by atoms with Crippen LogP contribution in [0.3, 0.4) is 0 Å². The average molecular weight is 154 g/mol. The molecule has 0 atom stereocenters. The predicted molar refractivity (Wildman–Crippen MR) is 43.1 cm³/mol. The minimum Gasteiger partial charge on any atom is -0.451 e. The Morgan fingerprint density at radius 2 is 2.27 bits per heavy atom. The Morgan fingerprint density at radius 1 is 1.55 bits per heavy atom. The van der Waals surface area contributed by atoms with Crippen LogP contribution in [-0.4, -0.2) is 10.5 Å². The molecule has 0 radical (unpaired) electrons. The Hall–Kier alpha value is -0.830. The number of hydrogen-bond donors (Lipinski definition) is 1.